The Balaban J connectivity index is 1.70. The zero-order valence-electron chi connectivity index (χ0n) is 15.1. The highest BCUT2D eigenvalue weighted by atomic mass is 32.2. The third-order valence-electron chi connectivity index (χ3n) is 4.03. The summed E-state index contributed by atoms with van der Waals surface area (Å²) in [4.78, 5) is 21.2. The van der Waals surface area contributed by atoms with Crippen LogP contribution in [-0.2, 0) is 4.79 Å². The van der Waals surface area contributed by atoms with E-state index < -0.39 is 0 Å². The van der Waals surface area contributed by atoms with Crippen molar-refractivity contribution in [2.75, 3.05) is 5.32 Å². The molecule has 0 aliphatic carbocycles. The molecule has 1 amide bonds. The van der Waals surface area contributed by atoms with Gasteiger partial charge in [0.1, 0.15) is 11.4 Å². The molecular formula is C21H21N3OS. The van der Waals surface area contributed by atoms with Gasteiger partial charge in [-0.2, -0.15) is 0 Å². The standard InChI is InChI=1S/C21H21N3OS/c1-14-9-10-15(2)18(11-14)24-21(25)16(3)26-20-12-19(22-13-23-20)17-7-5-4-6-8-17/h4-13,16H,1-3H3,(H,24,25)/t16-/m0/s1. The highest BCUT2D eigenvalue weighted by Crippen LogP contribution is 2.26. The molecule has 0 saturated carbocycles. The molecule has 4 nitrogen and oxygen atoms in total. The van der Waals surface area contributed by atoms with Crippen LogP contribution in [0.1, 0.15) is 18.1 Å². The van der Waals surface area contributed by atoms with Gasteiger partial charge < -0.3 is 5.32 Å². The summed E-state index contributed by atoms with van der Waals surface area (Å²) < 4.78 is 0. The molecule has 2 aromatic carbocycles. The van der Waals surface area contributed by atoms with Crippen molar-refractivity contribution in [3.8, 4) is 11.3 Å². The fourth-order valence-electron chi connectivity index (χ4n) is 2.51. The van der Waals surface area contributed by atoms with Crippen molar-refractivity contribution < 1.29 is 4.79 Å². The number of amides is 1. The molecular weight excluding hydrogens is 342 g/mol. The van der Waals surface area contributed by atoms with Crippen LogP contribution in [0.5, 0.6) is 0 Å². The second-order valence-electron chi connectivity index (χ2n) is 6.18. The summed E-state index contributed by atoms with van der Waals surface area (Å²) in [6, 6.07) is 17.9. The largest absolute Gasteiger partial charge is 0.325 e. The Bertz CT molecular complexity index is 912. The van der Waals surface area contributed by atoms with Gasteiger partial charge in [0.2, 0.25) is 5.91 Å². The molecule has 26 heavy (non-hydrogen) atoms. The minimum atomic E-state index is -0.270. The predicted octanol–water partition coefficient (Wildman–Crippen LogP) is 4.88. The normalized spacial score (nSPS) is 11.8. The minimum absolute atomic E-state index is 0.0384. The lowest BCUT2D eigenvalue weighted by Gasteiger charge is -2.14. The second-order valence-corrected chi connectivity index (χ2v) is 7.54. The summed E-state index contributed by atoms with van der Waals surface area (Å²) >= 11 is 1.43. The molecule has 1 heterocycles. The highest BCUT2D eigenvalue weighted by molar-refractivity contribution is 8.00. The van der Waals surface area contributed by atoms with Crippen LogP contribution in [0.15, 0.2) is 66.0 Å². The van der Waals surface area contributed by atoms with Gasteiger partial charge in [0.15, 0.2) is 0 Å². The van der Waals surface area contributed by atoms with Crippen LogP contribution < -0.4 is 5.32 Å². The molecule has 3 rings (SSSR count). The maximum atomic E-state index is 12.6. The Morgan fingerprint density at radius 1 is 1.04 bits per heavy atom. The predicted molar refractivity (Wildman–Crippen MR) is 107 cm³/mol. The Labute approximate surface area is 158 Å². The lowest BCUT2D eigenvalue weighted by atomic mass is 10.1. The molecule has 0 bridgehead atoms. The molecule has 132 valence electrons. The molecule has 1 atom stereocenters. The smallest absolute Gasteiger partial charge is 0.237 e. The molecule has 1 aromatic heterocycles. The number of aryl methyl sites for hydroxylation is 2. The van der Waals surface area contributed by atoms with Gasteiger partial charge in [-0.1, -0.05) is 54.2 Å². The first-order valence-electron chi connectivity index (χ1n) is 8.45. The van der Waals surface area contributed by atoms with Crippen molar-refractivity contribution in [1.29, 1.82) is 0 Å². The number of aromatic nitrogens is 2. The van der Waals surface area contributed by atoms with E-state index in [0.717, 1.165) is 33.1 Å². The number of hydrogen-bond acceptors (Lipinski definition) is 4. The molecule has 5 heteroatoms. The molecule has 0 saturated heterocycles. The minimum Gasteiger partial charge on any atom is -0.325 e. The fourth-order valence-corrected chi connectivity index (χ4v) is 3.33. The van der Waals surface area contributed by atoms with Crippen LogP contribution in [-0.4, -0.2) is 21.1 Å². The average molecular weight is 363 g/mol. The Morgan fingerprint density at radius 3 is 2.58 bits per heavy atom. The Morgan fingerprint density at radius 2 is 1.81 bits per heavy atom. The van der Waals surface area contributed by atoms with Crippen LogP contribution in [0.2, 0.25) is 0 Å². The average Bonchev–Trinajstić information content (AvgIpc) is 2.65. The van der Waals surface area contributed by atoms with Crippen molar-refractivity contribution in [3.05, 3.63) is 72.1 Å². The van der Waals surface area contributed by atoms with E-state index in [2.05, 4.69) is 15.3 Å². The Hall–Kier alpha value is -2.66. The number of rotatable bonds is 5. The van der Waals surface area contributed by atoms with Crippen molar-refractivity contribution in [2.24, 2.45) is 0 Å². The van der Waals surface area contributed by atoms with E-state index in [0.29, 0.717) is 0 Å². The number of nitrogens with zero attached hydrogens (tertiary/aromatic N) is 2. The van der Waals surface area contributed by atoms with Crippen LogP contribution in [0.3, 0.4) is 0 Å². The summed E-state index contributed by atoms with van der Waals surface area (Å²) in [5.74, 6) is -0.0384. The van der Waals surface area contributed by atoms with Crippen LogP contribution in [0.25, 0.3) is 11.3 Å². The first-order chi connectivity index (χ1) is 12.5. The van der Waals surface area contributed by atoms with E-state index in [9.17, 15) is 4.79 Å². The molecule has 0 unspecified atom stereocenters. The van der Waals surface area contributed by atoms with Gasteiger partial charge in [-0.05, 0) is 44.0 Å². The number of carbonyl (C=O) groups excluding carboxylic acids is 1. The number of thioether (sulfide) groups is 1. The van der Waals surface area contributed by atoms with Crippen molar-refractivity contribution >= 4 is 23.4 Å². The molecule has 0 spiro atoms. The summed E-state index contributed by atoms with van der Waals surface area (Å²) in [6.45, 7) is 5.89. The number of nitrogens with one attached hydrogen (secondary N) is 1. The number of benzene rings is 2. The number of hydrogen-bond donors (Lipinski definition) is 1. The number of carbonyl (C=O) groups is 1. The number of anilines is 1. The van der Waals surface area contributed by atoms with Crippen molar-refractivity contribution in [1.82, 2.24) is 9.97 Å². The molecule has 1 N–H and O–H groups in total. The highest BCUT2D eigenvalue weighted by Gasteiger charge is 2.16. The SMILES string of the molecule is Cc1ccc(C)c(NC(=O)[C@H](C)Sc2cc(-c3ccccc3)ncn2)c1. The van der Waals surface area contributed by atoms with Gasteiger partial charge in [-0.3, -0.25) is 4.79 Å². The van der Waals surface area contributed by atoms with E-state index in [1.807, 2.05) is 75.4 Å². The summed E-state index contributed by atoms with van der Waals surface area (Å²) in [6.07, 6.45) is 1.54. The quantitative estimate of drug-likeness (QED) is 0.518. The topological polar surface area (TPSA) is 54.9 Å². The Kier molecular flexibility index (Phi) is 5.68. The molecule has 0 radical (unpaired) electrons. The molecule has 3 aromatic rings. The monoisotopic (exact) mass is 363 g/mol. The van der Waals surface area contributed by atoms with Crippen LogP contribution >= 0.6 is 11.8 Å². The van der Waals surface area contributed by atoms with Gasteiger partial charge in [-0.25, -0.2) is 9.97 Å². The molecule has 0 aliphatic rings. The van der Waals surface area contributed by atoms with Gasteiger partial charge in [-0.15, -0.1) is 0 Å². The second kappa shape index (κ2) is 8.15. The summed E-state index contributed by atoms with van der Waals surface area (Å²) in [5, 5.41) is 3.52. The van der Waals surface area contributed by atoms with E-state index in [-0.39, 0.29) is 11.2 Å². The van der Waals surface area contributed by atoms with E-state index >= 15 is 0 Å². The van der Waals surface area contributed by atoms with Crippen molar-refractivity contribution in [3.63, 3.8) is 0 Å². The zero-order chi connectivity index (χ0) is 18.5. The molecule has 0 aliphatic heterocycles. The third-order valence-corrected chi connectivity index (χ3v) is 5.06. The maximum absolute atomic E-state index is 12.6. The lowest BCUT2D eigenvalue weighted by molar-refractivity contribution is -0.115. The maximum Gasteiger partial charge on any atom is 0.237 e. The first kappa shape index (κ1) is 18.1. The third kappa shape index (κ3) is 4.49. The summed E-state index contributed by atoms with van der Waals surface area (Å²) in [5.41, 5.74) is 4.91. The van der Waals surface area contributed by atoms with E-state index in [4.69, 9.17) is 0 Å². The zero-order valence-corrected chi connectivity index (χ0v) is 15.9. The van der Waals surface area contributed by atoms with Crippen LogP contribution in [0.4, 0.5) is 5.69 Å². The summed E-state index contributed by atoms with van der Waals surface area (Å²) in [7, 11) is 0. The van der Waals surface area contributed by atoms with Gasteiger partial charge in [0.05, 0.1) is 10.9 Å². The van der Waals surface area contributed by atoms with Gasteiger partial charge in [0, 0.05) is 11.3 Å². The first-order valence-corrected chi connectivity index (χ1v) is 9.33. The van der Waals surface area contributed by atoms with E-state index in [1.54, 1.807) is 6.33 Å². The van der Waals surface area contributed by atoms with Crippen LogP contribution in [0, 0.1) is 13.8 Å². The van der Waals surface area contributed by atoms with E-state index in [1.165, 1.54) is 11.8 Å². The lowest BCUT2D eigenvalue weighted by Crippen LogP contribution is -2.23. The van der Waals surface area contributed by atoms with Gasteiger partial charge >= 0.3 is 0 Å². The van der Waals surface area contributed by atoms with Crippen molar-refractivity contribution in [2.45, 2.75) is 31.0 Å². The fraction of sp³-hybridized carbons (Fsp3) is 0.190. The van der Waals surface area contributed by atoms with Gasteiger partial charge in [0.25, 0.3) is 0 Å². The molecule has 0 fully saturated rings.